The van der Waals surface area contributed by atoms with Gasteiger partial charge in [-0.1, -0.05) is 30.3 Å². The number of carbonyl (C=O) groups excluding carboxylic acids is 1. The predicted molar refractivity (Wildman–Crippen MR) is 119 cm³/mol. The second-order valence-electron chi connectivity index (χ2n) is 7.60. The standard InChI is InChI=1S/C25H23N3O3/c1-18-26-17-24(30-18)20-7-9-21(10-8-20)27-13-15-28(16-14-27)25(29)23-12-11-22(31-23)19-5-3-2-4-6-19/h2-12,17H,13-16H2,1H3. The fraction of sp³-hybridized carbons (Fsp3) is 0.200. The summed E-state index contributed by atoms with van der Waals surface area (Å²) in [6.07, 6.45) is 1.74. The normalized spacial score (nSPS) is 14.1. The van der Waals surface area contributed by atoms with Crippen LogP contribution in [0.4, 0.5) is 5.69 Å². The molecule has 4 aromatic rings. The fourth-order valence-corrected chi connectivity index (χ4v) is 3.87. The highest BCUT2D eigenvalue weighted by Gasteiger charge is 2.24. The van der Waals surface area contributed by atoms with Gasteiger partial charge in [0.1, 0.15) is 5.76 Å². The van der Waals surface area contributed by atoms with E-state index in [1.54, 1.807) is 12.3 Å². The summed E-state index contributed by atoms with van der Waals surface area (Å²) in [5, 5.41) is 0. The summed E-state index contributed by atoms with van der Waals surface area (Å²) in [6, 6.07) is 21.7. The molecule has 0 aliphatic carbocycles. The van der Waals surface area contributed by atoms with Crippen LogP contribution in [0.25, 0.3) is 22.6 Å². The van der Waals surface area contributed by atoms with E-state index in [2.05, 4.69) is 22.0 Å². The van der Waals surface area contributed by atoms with Crippen molar-refractivity contribution < 1.29 is 13.6 Å². The number of carbonyl (C=O) groups is 1. The highest BCUT2D eigenvalue weighted by atomic mass is 16.4. The van der Waals surface area contributed by atoms with Gasteiger partial charge in [-0.05, 0) is 36.4 Å². The van der Waals surface area contributed by atoms with Gasteiger partial charge in [-0.25, -0.2) is 4.98 Å². The summed E-state index contributed by atoms with van der Waals surface area (Å²) in [4.78, 5) is 21.2. The number of anilines is 1. The molecule has 1 aliphatic heterocycles. The minimum Gasteiger partial charge on any atom is -0.451 e. The molecular formula is C25H23N3O3. The maximum absolute atomic E-state index is 12.9. The van der Waals surface area contributed by atoms with E-state index in [9.17, 15) is 4.79 Å². The number of oxazole rings is 1. The minimum absolute atomic E-state index is 0.0575. The average Bonchev–Trinajstić information content (AvgIpc) is 3.49. The molecule has 6 heteroatoms. The third kappa shape index (κ3) is 3.97. The molecule has 0 spiro atoms. The van der Waals surface area contributed by atoms with Crippen molar-refractivity contribution in [3.05, 3.63) is 84.6 Å². The van der Waals surface area contributed by atoms with Crippen molar-refractivity contribution in [2.24, 2.45) is 0 Å². The summed E-state index contributed by atoms with van der Waals surface area (Å²) in [5.41, 5.74) is 3.11. The number of hydrogen-bond acceptors (Lipinski definition) is 5. The molecule has 0 N–H and O–H groups in total. The predicted octanol–water partition coefficient (Wildman–Crippen LogP) is 4.87. The Bertz CT molecular complexity index is 1170. The number of aromatic nitrogens is 1. The maximum atomic E-state index is 12.9. The van der Waals surface area contributed by atoms with Crippen LogP contribution in [-0.2, 0) is 0 Å². The van der Waals surface area contributed by atoms with Crippen molar-refractivity contribution >= 4 is 11.6 Å². The molecule has 2 aromatic carbocycles. The van der Waals surface area contributed by atoms with E-state index in [1.165, 1.54) is 0 Å². The van der Waals surface area contributed by atoms with E-state index in [0.29, 0.717) is 30.5 Å². The van der Waals surface area contributed by atoms with Gasteiger partial charge in [0.2, 0.25) is 0 Å². The molecule has 0 bridgehead atoms. The van der Waals surface area contributed by atoms with E-state index in [1.807, 2.05) is 60.4 Å². The zero-order chi connectivity index (χ0) is 21.2. The number of amides is 1. The lowest BCUT2D eigenvalue weighted by atomic mass is 10.1. The molecule has 1 saturated heterocycles. The molecule has 6 nitrogen and oxygen atoms in total. The number of hydrogen-bond donors (Lipinski definition) is 0. The van der Waals surface area contributed by atoms with Crippen LogP contribution in [0.2, 0.25) is 0 Å². The summed E-state index contributed by atoms with van der Waals surface area (Å²) >= 11 is 0. The van der Waals surface area contributed by atoms with Gasteiger partial charge in [0, 0.05) is 49.9 Å². The summed E-state index contributed by atoms with van der Waals surface area (Å²) < 4.78 is 11.4. The van der Waals surface area contributed by atoms with Crippen LogP contribution in [-0.4, -0.2) is 42.0 Å². The first-order chi connectivity index (χ1) is 15.2. The maximum Gasteiger partial charge on any atom is 0.289 e. The summed E-state index contributed by atoms with van der Waals surface area (Å²) in [5.74, 6) is 2.47. The molecule has 156 valence electrons. The van der Waals surface area contributed by atoms with Gasteiger partial charge >= 0.3 is 0 Å². The van der Waals surface area contributed by atoms with Gasteiger partial charge in [-0.2, -0.15) is 0 Å². The smallest absolute Gasteiger partial charge is 0.289 e. The van der Waals surface area contributed by atoms with Gasteiger partial charge in [0.15, 0.2) is 17.4 Å². The van der Waals surface area contributed by atoms with Crippen molar-refractivity contribution in [1.82, 2.24) is 9.88 Å². The fourth-order valence-electron chi connectivity index (χ4n) is 3.87. The Labute approximate surface area is 180 Å². The number of aryl methyl sites for hydroxylation is 1. The van der Waals surface area contributed by atoms with Crippen molar-refractivity contribution in [3.63, 3.8) is 0 Å². The number of nitrogens with zero attached hydrogens (tertiary/aromatic N) is 3. The molecule has 1 fully saturated rings. The SMILES string of the molecule is Cc1ncc(-c2ccc(N3CCN(C(=O)c4ccc(-c5ccccc5)o4)CC3)cc2)o1. The number of furan rings is 1. The Balaban J connectivity index is 1.21. The Kier molecular flexibility index (Phi) is 5.04. The van der Waals surface area contributed by atoms with Crippen LogP contribution >= 0.6 is 0 Å². The van der Waals surface area contributed by atoms with E-state index >= 15 is 0 Å². The molecule has 2 aromatic heterocycles. The van der Waals surface area contributed by atoms with Gasteiger partial charge in [0.25, 0.3) is 5.91 Å². The topological polar surface area (TPSA) is 62.7 Å². The molecule has 0 saturated carbocycles. The Morgan fingerprint density at radius 1 is 0.806 bits per heavy atom. The second kappa shape index (κ2) is 8.14. The largest absolute Gasteiger partial charge is 0.451 e. The third-order valence-electron chi connectivity index (χ3n) is 5.58. The monoisotopic (exact) mass is 413 g/mol. The lowest BCUT2D eigenvalue weighted by Gasteiger charge is -2.35. The van der Waals surface area contributed by atoms with Gasteiger partial charge in [-0.15, -0.1) is 0 Å². The highest BCUT2D eigenvalue weighted by Crippen LogP contribution is 2.26. The van der Waals surface area contributed by atoms with E-state index in [-0.39, 0.29) is 5.91 Å². The quantitative estimate of drug-likeness (QED) is 0.478. The minimum atomic E-state index is -0.0575. The average molecular weight is 413 g/mol. The van der Waals surface area contributed by atoms with Crippen LogP contribution in [0.5, 0.6) is 0 Å². The molecule has 3 heterocycles. The van der Waals surface area contributed by atoms with Crippen molar-refractivity contribution in [2.75, 3.05) is 31.1 Å². The van der Waals surface area contributed by atoms with E-state index in [4.69, 9.17) is 8.83 Å². The van der Waals surface area contributed by atoms with Gasteiger partial charge in [-0.3, -0.25) is 4.79 Å². The molecular weight excluding hydrogens is 390 g/mol. The first kappa shape index (κ1) is 19.2. The first-order valence-corrected chi connectivity index (χ1v) is 10.4. The molecule has 0 atom stereocenters. The van der Waals surface area contributed by atoms with Crippen molar-refractivity contribution in [3.8, 4) is 22.6 Å². The first-order valence-electron chi connectivity index (χ1n) is 10.4. The number of rotatable bonds is 4. The highest BCUT2D eigenvalue weighted by molar-refractivity contribution is 5.92. The lowest BCUT2D eigenvalue weighted by molar-refractivity contribution is 0.0715. The van der Waals surface area contributed by atoms with E-state index < -0.39 is 0 Å². The van der Waals surface area contributed by atoms with Crippen molar-refractivity contribution in [2.45, 2.75) is 6.92 Å². The Morgan fingerprint density at radius 3 is 2.19 bits per heavy atom. The molecule has 1 aliphatic rings. The zero-order valence-corrected chi connectivity index (χ0v) is 17.3. The number of piperazine rings is 1. The van der Waals surface area contributed by atoms with Crippen LogP contribution in [0.1, 0.15) is 16.4 Å². The molecule has 31 heavy (non-hydrogen) atoms. The second-order valence-corrected chi connectivity index (χ2v) is 7.60. The van der Waals surface area contributed by atoms with Crippen LogP contribution in [0.15, 0.2) is 81.8 Å². The Morgan fingerprint density at radius 2 is 1.52 bits per heavy atom. The van der Waals surface area contributed by atoms with Crippen LogP contribution in [0, 0.1) is 6.92 Å². The summed E-state index contributed by atoms with van der Waals surface area (Å²) in [6.45, 7) is 4.70. The lowest BCUT2D eigenvalue weighted by Crippen LogP contribution is -2.48. The Hall–Kier alpha value is -3.80. The van der Waals surface area contributed by atoms with Crippen LogP contribution in [0.3, 0.4) is 0 Å². The van der Waals surface area contributed by atoms with E-state index in [0.717, 1.165) is 35.7 Å². The van der Waals surface area contributed by atoms with Gasteiger partial charge < -0.3 is 18.6 Å². The molecule has 0 unspecified atom stereocenters. The zero-order valence-electron chi connectivity index (χ0n) is 17.3. The third-order valence-corrected chi connectivity index (χ3v) is 5.58. The number of benzene rings is 2. The summed E-state index contributed by atoms with van der Waals surface area (Å²) in [7, 11) is 0. The van der Waals surface area contributed by atoms with Crippen molar-refractivity contribution in [1.29, 1.82) is 0 Å². The van der Waals surface area contributed by atoms with Crippen LogP contribution < -0.4 is 4.90 Å². The molecule has 0 radical (unpaired) electrons. The van der Waals surface area contributed by atoms with Gasteiger partial charge in [0.05, 0.1) is 6.20 Å². The molecule has 5 rings (SSSR count). The molecule has 1 amide bonds.